The number of nitrogens with one attached hydrogen (secondary N) is 2. The summed E-state index contributed by atoms with van der Waals surface area (Å²) in [5.41, 5.74) is 16.8. The van der Waals surface area contributed by atoms with Crippen LogP contribution in [-0.4, -0.2) is 74.1 Å². The fourth-order valence-electron chi connectivity index (χ4n) is 3.92. The number of anilines is 2. The second kappa shape index (κ2) is 15.4. The van der Waals surface area contributed by atoms with E-state index in [4.69, 9.17) is 43.0 Å². The molecule has 1 atom stereocenters. The lowest BCUT2D eigenvalue weighted by Crippen LogP contribution is -2.43. The summed E-state index contributed by atoms with van der Waals surface area (Å²) < 4.78 is 15.7. The Morgan fingerprint density at radius 2 is 1.86 bits per heavy atom. The lowest BCUT2D eigenvalue weighted by Gasteiger charge is -2.29. The van der Waals surface area contributed by atoms with Gasteiger partial charge in [0.15, 0.2) is 28.4 Å². The Balaban J connectivity index is 1.63. The van der Waals surface area contributed by atoms with E-state index in [0.717, 1.165) is 44.9 Å². The van der Waals surface area contributed by atoms with E-state index in [1.807, 2.05) is 0 Å². The number of carbonyl (C=O) groups is 2. The number of aliphatic imine (C=N–C) groups is 1. The van der Waals surface area contributed by atoms with E-state index in [0.29, 0.717) is 12.5 Å². The molecule has 1 fully saturated rings. The van der Waals surface area contributed by atoms with Gasteiger partial charge in [0.2, 0.25) is 0 Å². The third-order valence-corrected chi connectivity index (χ3v) is 6.19. The van der Waals surface area contributed by atoms with Crippen LogP contribution in [-0.2, 0) is 19.0 Å². The number of nitrogens with two attached hydrogens (primary N) is 3. The average molecular weight is 529 g/mol. The fourth-order valence-corrected chi connectivity index (χ4v) is 4.05. The van der Waals surface area contributed by atoms with Crippen molar-refractivity contribution in [2.75, 3.05) is 45.6 Å². The number of unbranched alkanes of at least 4 members (excludes halogenated alkanes) is 1. The zero-order valence-electron chi connectivity index (χ0n) is 20.8. The van der Waals surface area contributed by atoms with Crippen LogP contribution in [0.5, 0.6) is 0 Å². The van der Waals surface area contributed by atoms with Crippen LogP contribution in [0.1, 0.15) is 55.4 Å². The summed E-state index contributed by atoms with van der Waals surface area (Å²) in [4.78, 5) is 35.8. The van der Waals surface area contributed by atoms with Crippen LogP contribution < -0.4 is 27.8 Å². The van der Waals surface area contributed by atoms with E-state index in [2.05, 4.69) is 25.6 Å². The molecule has 202 valence electrons. The summed E-state index contributed by atoms with van der Waals surface area (Å²) in [6.45, 7) is 0.988. The molecule has 1 heterocycles. The van der Waals surface area contributed by atoms with Crippen molar-refractivity contribution in [3.8, 4) is 0 Å². The van der Waals surface area contributed by atoms with Crippen LogP contribution >= 0.6 is 11.6 Å². The Hall–Kier alpha value is -2.74. The molecule has 8 N–H and O–H groups in total. The lowest BCUT2D eigenvalue weighted by atomic mass is 9.84. The number of hydrogen-bond donors (Lipinski definition) is 5. The van der Waals surface area contributed by atoms with Gasteiger partial charge in [0.05, 0.1) is 26.6 Å². The molecule has 1 amide bonds. The molecular formula is C22H37ClN8O5. The van der Waals surface area contributed by atoms with Crippen molar-refractivity contribution in [3.05, 3.63) is 10.8 Å². The Morgan fingerprint density at radius 3 is 2.53 bits per heavy atom. The molecule has 1 aromatic rings. The number of carbonyl (C=O) groups excluding carboxylic acids is 2. The van der Waals surface area contributed by atoms with E-state index in [1.165, 1.54) is 7.11 Å². The predicted octanol–water partition coefficient (Wildman–Crippen LogP) is 0.820. The third-order valence-electron chi connectivity index (χ3n) is 5.92. The number of esters is 1. The molecule has 1 aliphatic rings. The molecule has 0 radical (unpaired) electrons. The van der Waals surface area contributed by atoms with E-state index >= 15 is 0 Å². The van der Waals surface area contributed by atoms with Gasteiger partial charge in [-0.05, 0) is 38.0 Å². The SMILES string of the molecule is COCN[C@@H](COC1CCC(CCCCN=C(N)NC(=O)c2nc(Cl)c(N)nc2N)CC1)C(=O)OC. The Bertz CT molecular complexity index is 895. The number of guanidine groups is 1. The second-order valence-corrected chi connectivity index (χ2v) is 8.90. The first kappa shape index (κ1) is 29.5. The average Bonchev–Trinajstić information content (AvgIpc) is 2.86. The van der Waals surface area contributed by atoms with E-state index in [1.54, 1.807) is 7.11 Å². The zero-order chi connectivity index (χ0) is 26.5. The van der Waals surface area contributed by atoms with Gasteiger partial charge in [0, 0.05) is 13.7 Å². The van der Waals surface area contributed by atoms with Gasteiger partial charge in [-0.1, -0.05) is 24.4 Å². The first-order chi connectivity index (χ1) is 17.2. The first-order valence-corrected chi connectivity index (χ1v) is 12.2. The molecule has 0 bridgehead atoms. The number of methoxy groups -OCH3 is 2. The van der Waals surface area contributed by atoms with E-state index < -0.39 is 11.9 Å². The summed E-state index contributed by atoms with van der Waals surface area (Å²) in [7, 11) is 2.91. The van der Waals surface area contributed by atoms with Crippen LogP contribution in [0.25, 0.3) is 0 Å². The monoisotopic (exact) mass is 528 g/mol. The van der Waals surface area contributed by atoms with Gasteiger partial charge in [0.25, 0.3) is 5.91 Å². The topological polar surface area (TPSA) is 202 Å². The van der Waals surface area contributed by atoms with Crippen molar-refractivity contribution in [1.82, 2.24) is 20.6 Å². The Morgan fingerprint density at radius 1 is 1.14 bits per heavy atom. The molecule has 1 saturated carbocycles. The summed E-state index contributed by atoms with van der Waals surface area (Å²) >= 11 is 5.79. The number of aromatic nitrogens is 2. The largest absolute Gasteiger partial charge is 0.468 e. The highest BCUT2D eigenvalue weighted by atomic mass is 35.5. The zero-order valence-corrected chi connectivity index (χ0v) is 21.6. The van der Waals surface area contributed by atoms with Crippen molar-refractivity contribution in [2.24, 2.45) is 16.6 Å². The second-order valence-electron chi connectivity index (χ2n) is 8.54. The van der Waals surface area contributed by atoms with Crippen LogP contribution in [0.2, 0.25) is 5.15 Å². The molecule has 13 nitrogen and oxygen atoms in total. The maximum atomic E-state index is 12.2. The van der Waals surface area contributed by atoms with Gasteiger partial charge in [-0.3, -0.25) is 25.2 Å². The number of rotatable bonds is 13. The van der Waals surface area contributed by atoms with Gasteiger partial charge in [-0.15, -0.1) is 0 Å². The minimum absolute atomic E-state index is 0.0305. The predicted molar refractivity (Wildman–Crippen MR) is 136 cm³/mol. The van der Waals surface area contributed by atoms with E-state index in [-0.39, 0.29) is 53.9 Å². The van der Waals surface area contributed by atoms with Crippen molar-refractivity contribution in [2.45, 2.75) is 57.1 Å². The molecule has 0 unspecified atom stereocenters. The molecule has 0 spiro atoms. The number of nitrogens with zero attached hydrogens (tertiary/aromatic N) is 3. The van der Waals surface area contributed by atoms with Gasteiger partial charge < -0.3 is 31.4 Å². The van der Waals surface area contributed by atoms with Crippen LogP contribution in [0.15, 0.2) is 4.99 Å². The number of nitrogen functional groups attached to an aromatic ring is 2. The summed E-state index contributed by atoms with van der Waals surface area (Å²) in [5.74, 6) is -0.627. The summed E-state index contributed by atoms with van der Waals surface area (Å²) in [6, 6.07) is -0.542. The summed E-state index contributed by atoms with van der Waals surface area (Å²) in [5, 5.41) is 5.26. The van der Waals surface area contributed by atoms with Crippen molar-refractivity contribution < 1.29 is 23.8 Å². The lowest BCUT2D eigenvalue weighted by molar-refractivity contribution is -0.146. The highest BCUT2D eigenvalue weighted by Crippen LogP contribution is 2.30. The minimum Gasteiger partial charge on any atom is -0.468 e. The molecular weight excluding hydrogens is 492 g/mol. The minimum atomic E-state index is -0.658. The fraction of sp³-hybridized carbons (Fsp3) is 0.682. The highest BCUT2D eigenvalue weighted by molar-refractivity contribution is 6.31. The van der Waals surface area contributed by atoms with Gasteiger partial charge in [-0.2, -0.15) is 0 Å². The highest BCUT2D eigenvalue weighted by Gasteiger charge is 2.25. The van der Waals surface area contributed by atoms with Crippen molar-refractivity contribution >= 4 is 41.1 Å². The van der Waals surface area contributed by atoms with Gasteiger partial charge >= 0.3 is 5.97 Å². The Kier molecular flexibility index (Phi) is 12.6. The third kappa shape index (κ3) is 9.72. The maximum Gasteiger partial charge on any atom is 0.325 e. The normalized spacial score (nSPS) is 19.0. The van der Waals surface area contributed by atoms with Crippen LogP contribution in [0.4, 0.5) is 11.6 Å². The number of amides is 1. The molecule has 0 saturated heterocycles. The van der Waals surface area contributed by atoms with Crippen LogP contribution in [0, 0.1) is 5.92 Å². The van der Waals surface area contributed by atoms with E-state index in [9.17, 15) is 9.59 Å². The molecule has 0 aliphatic heterocycles. The van der Waals surface area contributed by atoms with Crippen molar-refractivity contribution in [3.63, 3.8) is 0 Å². The number of halogens is 1. The van der Waals surface area contributed by atoms with Crippen molar-refractivity contribution in [1.29, 1.82) is 0 Å². The van der Waals surface area contributed by atoms with Gasteiger partial charge in [0.1, 0.15) is 6.04 Å². The smallest absolute Gasteiger partial charge is 0.325 e. The molecule has 1 aliphatic carbocycles. The quantitative estimate of drug-likeness (QED) is 0.0796. The molecule has 0 aromatic carbocycles. The molecule has 14 heteroatoms. The first-order valence-electron chi connectivity index (χ1n) is 11.9. The Labute approximate surface area is 215 Å². The molecule has 36 heavy (non-hydrogen) atoms. The standard InChI is InChI=1S/C22H37ClN8O5/c1-34-12-28-15(21(33)35-2)11-36-14-8-6-13(7-9-14)5-3-4-10-27-22(26)31-20(32)16-18(24)30-19(25)17(23)29-16/h13-15,28H,3-12H2,1-2H3,(H4,24,25,30)(H3,26,27,31,32)/t13?,14?,15-/m0/s1. The molecule has 1 aromatic heterocycles. The number of hydrogen-bond acceptors (Lipinski definition) is 11. The van der Waals surface area contributed by atoms with Crippen LogP contribution in [0.3, 0.4) is 0 Å². The molecule has 2 rings (SSSR count). The number of ether oxygens (including phenoxy) is 3. The van der Waals surface area contributed by atoms with Gasteiger partial charge in [-0.25, -0.2) is 9.97 Å². The maximum absolute atomic E-state index is 12.2. The summed E-state index contributed by atoms with van der Waals surface area (Å²) in [6.07, 6.45) is 7.14.